The summed E-state index contributed by atoms with van der Waals surface area (Å²) in [6.45, 7) is 3.83. The van der Waals surface area contributed by atoms with Crippen molar-refractivity contribution in [2.75, 3.05) is 38.8 Å². The Balaban J connectivity index is 1.49. The summed E-state index contributed by atoms with van der Waals surface area (Å²) in [4.78, 5) is 24.0. The van der Waals surface area contributed by atoms with Crippen LogP contribution in [0.15, 0.2) is 56.2 Å². The van der Waals surface area contributed by atoms with Gasteiger partial charge in [-0.15, -0.1) is 0 Å². The predicted molar refractivity (Wildman–Crippen MR) is 133 cm³/mol. The number of amidine groups is 1. The first kappa shape index (κ1) is 22.0. The SMILES string of the molecule is CCCCN1C(=O)C(=C2Sc3ccc(OC)cc3N2C)SC1=Nc1ccc2c(c1)OCCO2. The van der Waals surface area contributed by atoms with Crippen LogP contribution in [0, 0.1) is 0 Å². The van der Waals surface area contributed by atoms with E-state index in [0.29, 0.717) is 35.6 Å². The van der Waals surface area contributed by atoms with E-state index in [9.17, 15) is 4.79 Å². The number of thioether (sulfide) groups is 2. The molecule has 33 heavy (non-hydrogen) atoms. The summed E-state index contributed by atoms with van der Waals surface area (Å²) >= 11 is 3.04. The number of hydrogen-bond acceptors (Lipinski definition) is 8. The Morgan fingerprint density at radius 1 is 1.09 bits per heavy atom. The highest BCUT2D eigenvalue weighted by Gasteiger charge is 2.39. The maximum atomic E-state index is 13.5. The Bertz CT molecular complexity index is 1160. The number of hydrogen-bond donors (Lipinski definition) is 0. The van der Waals surface area contributed by atoms with Crippen LogP contribution in [0.4, 0.5) is 11.4 Å². The predicted octanol–water partition coefficient (Wildman–Crippen LogP) is 5.24. The Kier molecular flexibility index (Phi) is 6.16. The molecule has 9 heteroatoms. The van der Waals surface area contributed by atoms with E-state index >= 15 is 0 Å². The fourth-order valence-corrected chi connectivity index (χ4v) is 6.15. The standard InChI is InChI=1S/C24H25N3O4S2/c1-4-5-10-27-22(28)21(23-26(2)17-14-16(29-3)7-9-20(17)32-23)33-24(27)25-15-6-8-18-19(13-15)31-12-11-30-18/h6-9,13-14H,4-5,10-12H2,1-3H3. The average Bonchev–Trinajstić information content (AvgIpc) is 3.33. The van der Waals surface area contributed by atoms with Gasteiger partial charge in [0.1, 0.15) is 23.9 Å². The molecule has 172 valence electrons. The van der Waals surface area contributed by atoms with Gasteiger partial charge in [0, 0.05) is 30.6 Å². The fourth-order valence-electron chi connectivity index (χ4n) is 3.80. The number of methoxy groups -OCH3 is 1. The third kappa shape index (κ3) is 4.15. The first-order chi connectivity index (χ1) is 16.1. The lowest BCUT2D eigenvalue weighted by Crippen LogP contribution is -2.30. The topological polar surface area (TPSA) is 63.6 Å². The lowest BCUT2D eigenvalue weighted by molar-refractivity contribution is -0.122. The molecule has 0 aromatic heterocycles. The van der Waals surface area contributed by atoms with E-state index in [4.69, 9.17) is 19.2 Å². The first-order valence-electron chi connectivity index (χ1n) is 10.9. The molecule has 0 aliphatic carbocycles. The number of fused-ring (bicyclic) bond motifs is 2. The molecular weight excluding hydrogens is 458 g/mol. The molecule has 1 saturated heterocycles. The number of nitrogens with zero attached hydrogens (tertiary/aromatic N) is 3. The Morgan fingerprint density at radius 2 is 1.91 bits per heavy atom. The van der Waals surface area contributed by atoms with Crippen molar-refractivity contribution in [1.82, 2.24) is 4.90 Å². The average molecular weight is 484 g/mol. The van der Waals surface area contributed by atoms with E-state index in [2.05, 4.69) is 11.8 Å². The third-order valence-electron chi connectivity index (χ3n) is 5.58. The maximum absolute atomic E-state index is 13.5. The molecule has 0 spiro atoms. The monoisotopic (exact) mass is 483 g/mol. The van der Waals surface area contributed by atoms with E-state index < -0.39 is 0 Å². The minimum absolute atomic E-state index is 0.00105. The van der Waals surface area contributed by atoms with Crippen LogP contribution in [0.2, 0.25) is 0 Å². The summed E-state index contributed by atoms with van der Waals surface area (Å²) in [5.74, 6) is 2.21. The van der Waals surface area contributed by atoms with Crippen molar-refractivity contribution in [2.24, 2.45) is 4.99 Å². The quantitative estimate of drug-likeness (QED) is 0.539. The fraction of sp³-hybridized carbons (Fsp3) is 0.333. The van der Waals surface area contributed by atoms with Crippen LogP contribution in [0.25, 0.3) is 0 Å². The van der Waals surface area contributed by atoms with Crippen molar-refractivity contribution in [3.63, 3.8) is 0 Å². The Hall–Kier alpha value is -2.78. The lowest BCUT2D eigenvalue weighted by atomic mass is 10.2. The summed E-state index contributed by atoms with van der Waals surface area (Å²) in [5, 5.41) is 1.61. The largest absolute Gasteiger partial charge is 0.497 e. The van der Waals surface area contributed by atoms with Crippen molar-refractivity contribution in [1.29, 1.82) is 0 Å². The number of anilines is 1. The third-order valence-corrected chi connectivity index (χ3v) is 8.01. The summed E-state index contributed by atoms with van der Waals surface area (Å²) < 4.78 is 16.7. The van der Waals surface area contributed by atoms with Gasteiger partial charge in [-0.25, -0.2) is 4.99 Å². The molecular formula is C24H25N3O4S2. The summed E-state index contributed by atoms with van der Waals surface area (Å²) in [6, 6.07) is 11.6. The number of rotatable bonds is 5. The van der Waals surface area contributed by atoms with E-state index in [1.165, 1.54) is 11.8 Å². The maximum Gasteiger partial charge on any atom is 0.269 e. The van der Waals surface area contributed by atoms with Crippen LogP contribution in [0.3, 0.4) is 0 Å². The molecule has 0 atom stereocenters. The van der Waals surface area contributed by atoms with Gasteiger partial charge >= 0.3 is 0 Å². The summed E-state index contributed by atoms with van der Waals surface area (Å²) in [7, 11) is 3.65. The zero-order chi connectivity index (χ0) is 22.9. The van der Waals surface area contributed by atoms with Gasteiger partial charge in [0.2, 0.25) is 0 Å². The molecule has 3 aliphatic rings. The number of aliphatic imine (C=N–C) groups is 1. The lowest BCUT2D eigenvalue weighted by Gasteiger charge is -2.18. The van der Waals surface area contributed by atoms with Gasteiger partial charge in [0.25, 0.3) is 5.91 Å². The van der Waals surface area contributed by atoms with E-state index in [1.54, 1.807) is 23.8 Å². The van der Waals surface area contributed by atoms with Gasteiger partial charge in [-0.05, 0) is 42.4 Å². The molecule has 1 amide bonds. The number of ether oxygens (including phenoxy) is 3. The molecule has 2 aromatic rings. The second-order valence-corrected chi connectivity index (χ2v) is 9.77. The van der Waals surface area contributed by atoms with E-state index in [-0.39, 0.29) is 5.91 Å². The zero-order valence-electron chi connectivity index (χ0n) is 18.8. The normalized spacial score (nSPS) is 20.6. The highest BCUT2D eigenvalue weighted by atomic mass is 32.2. The molecule has 0 unspecified atom stereocenters. The second kappa shape index (κ2) is 9.23. The molecule has 0 saturated carbocycles. The van der Waals surface area contributed by atoms with Crippen molar-refractivity contribution < 1.29 is 19.0 Å². The van der Waals surface area contributed by atoms with E-state index in [1.807, 2.05) is 43.4 Å². The van der Waals surface area contributed by atoms with Crippen LogP contribution in [-0.2, 0) is 4.79 Å². The van der Waals surface area contributed by atoms with Crippen molar-refractivity contribution in [3.8, 4) is 17.2 Å². The van der Waals surface area contributed by atoms with E-state index in [0.717, 1.165) is 45.6 Å². The Labute approximate surface area is 201 Å². The van der Waals surface area contributed by atoms with Crippen molar-refractivity contribution >= 4 is 46.0 Å². The van der Waals surface area contributed by atoms with Gasteiger partial charge in [0.05, 0.1) is 23.5 Å². The Morgan fingerprint density at radius 3 is 2.70 bits per heavy atom. The van der Waals surface area contributed by atoms with Crippen molar-refractivity contribution in [3.05, 3.63) is 46.3 Å². The van der Waals surface area contributed by atoms with Crippen LogP contribution < -0.4 is 19.1 Å². The number of unbranched alkanes of at least 4 members (excludes halogenated alkanes) is 1. The van der Waals surface area contributed by atoms with Crippen LogP contribution >= 0.6 is 23.5 Å². The molecule has 0 bridgehead atoms. The highest BCUT2D eigenvalue weighted by Crippen LogP contribution is 2.51. The molecule has 7 nitrogen and oxygen atoms in total. The molecule has 3 aliphatic heterocycles. The molecule has 0 N–H and O–H groups in total. The smallest absolute Gasteiger partial charge is 0.269 e. The molecule has 2 aromatic carbocycles. The van der Waals surface area contributed by atoms with Gasteiger partial charge in [-0.1, -0.05) is 25.1 Å². The second-order valence-electron chi connectivity index (χ2n) is 7.76. The molecule has 1 fully saturated rings. The van der Waals surface area contributed by atoms with Gasteiger partial charge in [-0.3, -0.25) is 9.69 Å². The number of carbonyl (C=O) groups is 1. The zero-order valence-corrected chi connectivity index (χ0v) is 20.4. The summed E-state index contributed by atoms with van der Waals surface area (Å²) in [6.07, 6.45) is 1.91. The van der Waals surface area contributed by atoms with Crippen LogP contribution in [0.5, 0.6) is 17.2 Å². The molecule has 3 heterocycles. The van der Waals surface area contributed by atoms with Gasteiger partial charge < -0.3 is 19.1 Å². The van der Waals surface area contributed by atoms with Crippen LogP contribution in [0.1, 0.15) is 19.8 Å². The van der Waals surface area contributed by atoms with Gasteiger partial charge in [-0.2, -0.15) is 0 Å². The minimum atomic E-state index is -0.00105. The number of benzene rings is 2. The van der Waals surface area contributed by atoms with Crippen molar-refractivity contribution in [2.45, 2.75) is 24.7 Å². The number of amides is 1. The summed E-state index contributed by atoms with van der Waals surface area (Å²) in [5.41, 5.74) is 1.77. The minimum Gasteiger partial charge on any atom is -0.497 e. The molecule has 0 radical (unpaired) electrons. The highest BCUT2D eigenvalue weighted by molar-refractivity contribution is 8.19. The van der Waals surface area contributed by atoms with Gasteiger partial charge in [0.15, 0.2) is 16.7 Å². The number of carbonyl (C=O) groups excluding carboxylic acids is 1. The molecule has 5 rings (SSSR count). The first-order valence-corrected chi connectivity index (χ1v) is 12.5. The van der Waals surface area contributed by atoms with Crippen LogP contribution in [-0.4, -0.2) is 49.9 Å².